The topological polar surface area (TPSA) is 17.1 Å². The average molecular weight is 152 g/mol. The minimum Gasteiger partial charge on any atom is -0.299 e. The van der Waals surface area contributed by atoms with Crippen molar-refractivity contribution in [3.8, 4) is 0 Å². The first-order chi connectivity index (χ1) is 5.01. The van der Waals surface area contributed by atoms with Crippen molar-refractivity contribution in [1.82, 2.24) is 0 Å². The van der Waals surface area contributed by atoms with Crippen molar-refractivity contribution >= 4 is 5.78 Å². The zero-order chi connectivity index (χ0) is 8.28. The van der Waals surface area contributed by atoms with E-state index < -0.39 is 0 Å². The summed E-state index contributed by atoms with van der Waals surface area (Å²) in [6.07, 6.45) is 3.56. The summed E-state index contributed by atoms with van der Waals surface area (Å²) in [5.74, 6) is 1.21. The zero-order valence-corrected chi connectivity index (χ0v) is 7.61. The number of hydrogen-bond donors (Lipinski definition) is 0. The Balaban J connectivity index is 2.04. The van der Waals surface area contributed by atoms with Crippen molar-refractivity contribution in [3.05, 3.63) is 0 Å². The molecule has 0 unspecified atom stereocenters. The summed E-state index contributed by atoms with van der Waals surface area (Å²) < 4.78 is 0. The highest BCUT2D eigenvalue weighted by Gasteiger charge is 2.70. The van der Waals surface area contributed by atoms with Crippen molar-refractivity contribution in [2.24, 2.45) is 16.7 Å². The molecule has 0 atom stereocenters. The molecule has 3 aliphatic carbocycles. The lowest BCUT2D eigenvalue weighted by molar-refractivity contribution is -0.221. The van der Waals surface area contributed by atoms with Crippen LogP contribution in [0.5, 0.6) is 0 Å². The van der Waals surface area contributed by atoms with E-state index in [1.807, 2.05) is 0 Å². The van der Waals surface area contributed by atoms with Crippen LogP contribution in [0.3, 0.4) is 0 Å². The van der Waals surface area contributed by atoms with Crippen LogP contribution in [0.1, 0.15) is 40.0 Å². The van der Waals surface area contributed by atoms with E-state index in [-0.39, 0.29) is 5.41 Å². The highest BCUT2D eigenvalue weighted by Crippen LogP contribution is 2.76. The fraction of sp³-hybridized carbons (Fsp3) is 0.900. The van der Waals surface area contributed by atoms with E-state index in [2.05, 4.69) is 13.8 Å². The van der Waals surface area contributed by atoms with Crippen LogP contribution in [0.15, 0.2) is 0 Å². The van der Waals surface area contributed by atoms with Gasteiger partial charge in [-0.1, -0.05) is 13.8 Å². The van der Waals surface area contributed by atoms with Gasteiger partial charge >= 0.3 is 0 Å². The largest absolute Gasteiger partial charge is 0.299 e. The normalized spacial score (nSPS) is 46.5. The molecule has 0 amide bonds. The summed E-state index contributed by atoms with van der Waals surface area (Å²) in [6, 6.07) is 0. The van der Waals surface area contributed by atoms with Gasteiger partial charge in [-0.15, -0.1) is 0 Å². The van der Waals surface area contributed by atoms with Gasteiger partial charge in [0.2, 0.25) is 0 Å². The summed E-state index contributed by atoms with van der Waals surface area (Å²) >= 11 is 0. The van der Waals surface area contributed by atoms with Crippen LogP contribution < -0.4 is 0 Å². The second-order valence-corrected chi connectivity index (χ2v) is 4.88. The first-order valence-corrected chi connectivity index (χ1v) is 4.52. The lowest BCUT2D eigenvalue weighted by Crippen LogP contribution is -2.66. The molecule has 0 N–H and O–H groups in total. The third-order valence-electron chi connectivity index (χ3n) is 4.04. The smallest absolute Gasteiger partial charge is 0.136 e. The van der Waals surface area contributed by atoms with Crippen LogP contribution in [0, 0.1) is 16.7 Å². The summed E-state index contributed by atoms with van der Waals surface area (Å²) in [4.78, 5) is 11.2. The van der Waals surface area contributed by atoms with Gasteiger partial charge in [-0.05, 0) is 37.5 Å². The number of ketones is 1. The highest BCUT2D eigenvalue weighted by atomic mass is 16.1. The summed E-state index contributed by atoms with van der Waals surface area (Å²) in [5.41, 5.74) is 0.760. The van der Waals surface area contributed by atoms with Crippen molar-refractivity contribution in [2.45, 2.75) is 40.0 Å². The average Bonchev–Trinajstić information content (AvgIpc) is 1.51. The van der Waals surface area contributed by atoms with E-state index in [1.165, 1.54) is 19.3 Å². The Morgan fingerprint density at radius 2 is 1.73 bits per heavy atom. The third kappa shape index (κ3) is 0.646. The minimum absolute atomic E-state index is 0.171. The van der Waals surface area contributed by atoms with E-state index >= 15 is 0 Å². The molecule has 0 aromatic rings. The molecule has 0 radical (unpaired) electrons. The molecule has 2 bridgehead atoms. The number of carbonyl (C=O) groups excluding carboxylic acids is 1. The van der Waals surface area contributed by atoms with E-state index in [0.29, 0.717) is 11.2 Å². The van der Waals surface area contributed by atoms with Gasteiger partial charge in [0.05, 0.1) is 0 Å². The van der Waals surface area contributed by atoms with Gasteiger partial charge in [0.15, 0.2) is 0 Å². The van der Waals surface area contributed by atoms with Crippen LogP contribution >= 0.6 is 0 Å². The molecule has 0 aromatic carbocycles. The maximum absolute atomic E-state index is 11.2. The lowest BCUT2D eigenvalue weighted by atomic mass is 9.31. The van der Waals surface area contributed by atoms with Crippen LogP contribution in [-0.4, -0.2) is 5.78 Å². The Morgan fingerprint density at radius 1 is 1.27 bits per heavy atom. The number of rotatable bonds is 2. The second-order valence-electron chi connectivity index (χ2n) is 4.88. The predicted octanol–water partition coefficient (Wildman–Crippen LogP) is 2.40. The molecule has 3 saturated carbocycles. The molecule has 3 fully saturated rings. The summed E-state index contributed by atoms with van der Waals surface area (Å²) in [5, 5.41) is 0. The number of carbonyl (C=O) groups is 1. The fourth-order valence-electron chi connectivity index (χ4n) is 2.85. The Kier molecular flexibility index (Phi) is 1.13. The quantitative estimate of drug-likeness (QED) is 0.593. The molecular weight excluding hydrogens is 136 g/mol. The maximum Gasteiger partial charge on any atom is 0.136 e. The van der Waals surface area contributed by atoms with Gasteiger partial charge in [0.25, 0.3) is 0 Å². The standard InChI is InChI=1S/C10H16O/c1-7(2)9-4-10(5-9,6-9)8(3)11/h7H,4-6H2,1-3H3. The molecule has 1 nitrogen and oxygen atoms in total. The zero-order valence-electron chi connectivity index (χ0n) is 7.61. The molecule has 3 rings (SSSR count). The Labute approximate surface area is 68.2 Å². The molecule has 0 spiro atoms. The minimum atomic E-state index is 0.171. The maximum atomic E-state index is 11.2. The van der Waals surface area contributed by atoms with E-state index in [0.717, 1.165) is 5.92 Å². The lowest BCUT2D eigenvalue weighted by Gasteiger charge is -2.71. The van der Waals surface area contributed by atoms with E-state index in [9.17, 15) is 4.79 Å². The van der Waals surface area contributed by atoms with Gasteiger partial charge in [-0.2, -0.15) is 0 Å². The molecule has 62 valence electrons. The molecule has 11 heavy (non-hydrogen) atoms. The summed E-state index contributed by atoms with van der Waals surface area (Å²) in [7, 11) is 0. The fourth-order valence-corrected chi connectivity index (χ4v) is 2.85. The van der Waals surface area contributed by atoms with Crippen molar-refractivity contribution in [3.63, 3.8) is 0 Å². The van der Waals surface area contributed by atoms with Gasteiger partial charge in [0, 0.05) is 5.41 Å². The van der Waals surface area contributed by atoms with Gasteiger partial charge in [0.1, 0.15) is 5.78 Å². The van der Waals surface area contributed by atoms with E-state index in [4.69, 9.17) is 0 Å². The van der Waals surface area contributed by atoms with Crippen LogP contribution in [0.4, 0.5) is 0 Å². The Morgan fingerprint density at radius 3 is 2.00 bits per heavy atom. The third-order valence-corrected chi connectivity index (χ3v) is 4.04. The molecule has 1 heteroatoms. The van der Waals surface area contributed by atoms with Crippen LogP contribution in [0.25, 0.3) is 0 Å². The second kappa shape index (κ2) is 1.70. The van der Waals surface area contributed by atoms with E-state index in [1.54, 1.807) is 6.92 Å². The van der Waals surface area contributed by atoms with Crippen molar-refractivity contribution in [1.29, 1.82) is 0 Å². The monoisotopic (exact) mass is 152 g/mol. The number of hydrogen-bond acceptors (Lipinski definition) is 1. The van der Waals surface area contributed by atoms with Crippen LogP contribution in [-0.2, 0) is 4.79 Å². The van der Waals surface area contributed by atoms with Gasteiger partial charge < -0.3 is 0 Å². The first kappa shape index (κ1) is 7.33. The van der Waals surface area contributed by atoms with Crippen molar-refractivity contribution in [2.75, 3.05) is 0 Å². The molecule has 3 aliphatic rings. The molecule has 0 saturated heterocycles. The Hall–Kier alpha value is -0.330. The van der Waals surface area contributed by atoms with Gasteiger partial charge in [-0.25, -0.2) is 0 Å². The predicted molar refractivity (Wildman–Crippen MR) is 44.2 cm³/mol. The molecule has 0 heterocycles. The number of Topliss-reactive ketones (excluding diaryl/α,β-unsaturated/α-hetero) is 1. The van der Waals surface area contributed by atoms with Gasteiger partial charge in [-0.3, -0.25) is 4.79 Å². The highest BCUT2D eigenvalue weighted by molar-refractivity contribution is 5.86. The molecular formula is C10H16O. The molecule has 0 aromatic heterocycles. The van der Waals surface area contributed by atoms with Crippen LogP contribution in [0.2, 0.25) is 0 Å². The first-order valence-electron chi connectivity index (χ1n) is 4.52. The summed E-state index contributed by atoms with van der Waals surface area (Å²) in [6.45, 7) is 6.32. The Bertz CT molecular complexity index is 195. The van der Waals surface area contributed by atoms with Crippen molar-refractivity contribution < 1.29 is 4.79 Å². The molecule has 0 aliphatic heterocycles. The SMILES string of the molecule is CC(=O)C12CC(C(C)C)(C1)C2.